The van der Waals surface area contributed by atoms with Gasteiger partial charge >= 0.3 is 0 Å². The van der Waals surface area contributed by atoms with Crippen LogP contribution in [0.4, 0.5) is 0 Å². The third-order valence-corrected chi connectivity index (χ3v) is 3.49. The van der Waals surface area contributed by atoms with E-state index in [1.165, 1.54) is 18.6 Å². The fourth-order valence-electron chi connectivity index (χ4n) is 2.27. The van der Waals surface area contributed by atoms with Gasteiger partial charge in [0.1, 0.15) is 11.5 Å². The maximum atomic E-state index is 11.8. The molecule has 25 heavy (non-hydrogen) atoms. The van der Waals surface area contributed by atoms with Crippen molar-refractivity contribution in [3.05, 3.63) is 54.5 Å². The molecule has 9 heteroatoms. The zero-order chi connectivity index (χ0) is 17.5. The van der Waals surface area contributed by atoms with Crippen LogP contribution >= 0.6 is 0 Å². The van der Waals surface area contributed by atoms with Crippen LogP contribution in [0.2, 0.25) is 0 Å². The van der Waals surface area contributed by atoms with E-state index < -0.39 is 5.91 Å². The van der Waals surface area contributed by atoms with Gasteiger partial charge in [-0.2, -0.15) is 0 Å². The second-order valence-electron chi connectivity index (χ2n) is 5.27. The molecular weight excluding hydrogens is 322 g/mol. The van der Waals surface area contributed by atoms with E-state index >= 15 is 0 Å². The highest BCUT2D eigenvalue weighted by molar-refractivity contribution is 5.94. The number of pyridine rings is 1. The summed E-state index contributed by atoms with van der Waals surface area (Å²) in [7, 11) is 0. The van der Waals surface area contributed by atoms with E-state index in [0.717, 1.165) is 17.9 Å². The summed E-state index contributed by atoms with van der Waals surface area (Å²) in [4.78, 5) is 31.2. The number of nitrogens with one attached hydrogen (secondary N) is 2. The first-order valence-electron chi connectivity index (χ1n) is 7.83. The van der Waals surface area contributed by atoms with Crippen molar-refractivity contribution in [1.82, 2.24) is 35.2 Å². The Morgan fingerprint density at radius 2 is 2.04 bits per heavy atom. The van der Waals surface area contributed by atoms with Crippen LogP contribution in [-0.4, -0.2) is 49.5 Å². The Labute approximate surface area is 143 Å². The predicted molar refractivity (Wildman–Crippen MR) is 88.7 cm³/mol. The molecule has 0 saturated heterocycles. The molecule has 0 aromatic carbocycles. The van der Waals surface area contributed by atoms with Gasteiger partial charge < -0.3 is 10.6 Å². The van der Waals surface area contributed by atoms with Crippen molar-refractivity contribution in [2.45, 2.75) is 12.8 Å². The highest BCUT2D eigenvalue weighted by Gasteiger charge is 2.09. The first-order valence-corrected chi connectivity index (χ1v) is 7.83. The van der Waals surface area contributed by atoms with E-state index in [-0.39, 0.29) is 18.1 Å². The maximum absolute atomic E-state index is 11.8. The van der Waals surface area contributed by atoms with Crippen molar-refractivity contribution >= 4 is 17.5 Å². The summed E-state index contributed by atoms with van der Waals surface area (Å²) in [6.45, 7) is 0.380. The van der Waals surface area contributed by atoms with Crippen LogP contribution in [0, 0.1) is 0 Å². The van der Waals surface area contributed by atoms with Crippen molar-refractivity contribution in [1.29, 1.82) is 0 Å². The minimum absolute atomic E-state index is 0.108. The second-order valence-corrected chi connectivity index (χ2v) is 5.27. The number of carbonyl (C=O) groups excluding carboxylic acids is 2. The monoisotopic (exact) mass is 339 g/mol. The summed E-state index contributed by atoms with van der Waals surface area (Å²) in [5, 5.41) is 13.5. The lowest BCUT2D eigenvalue weighted by Gasteiger charge is -2.06. The molecule has 3 aromatic rings. The van der Waals surface area contributed by atoms with Crippen molar-refractivity contribution in [3.63, 3.8) is 0 Å². The molecule has 0 fully saturated rings. The zero-order valence-corrected chi connectivity index (χ0v) is 13.4. The van der Waals surface area contributed by atoms with Crippen molar-refractivity contribution in [3.8, 4) is 0 Å². The first kappa shape index (κ1) is 16.5. The number of hydrogen-bond acceptors (Lipinski definition) is 6. The standard InChI is InChI=1S/C16H17N7O2/c24-15(11-20-16(25)12-10-17-7-8-18-12)19-6-3-5-14-22-21-13-4-1-2-9-23(13)14/h1-2,4,7-10H,3,5-6,11H2,(H,19,24)(H,20,25). The molecule has 0 unspecified atom stereocenters. The van der Waals surface area contributed by atoms with E-state index in [2.05, 4.69) is 30.8 Å². The summed E-state index contributed by atoms with van der Waals surface area (Å²) in [6, 6.07) is 5.71. The number of aryl methyl sites for hydroxylation is 1. The quantitative estimate of drug-likeness (QED) is 0.586. The van der Waals surface area contributed by atoms with Crippen molar-refractivity contribution in [2.75, 3.05) is 13.1 Å². The number of carbonyl (C=O) groups is 2. The van der Waals surface area contributed by atoms with E-state index in [1.807, 2.05) is 28.8 Å². The largest absolute Gasteiger partial charge is 0.355 e. The lowest BCUT2D eigenvalue weighted by Crippen LogP contribution is -2.37. The van der Waals surface area contributed by atoms with Gasteiger partial charge in [0.15, 0.2) is 5.65 Å². The van der Waals surface area contributed by atoms with E-state index in [0.29, 0.717) is 13.0 Å². The third kappa shape index (κ3) is 4.34. The number of hydrogen-bond donors (Lipinski definition) is 2. The lowest BCUT2D eigenvalue weighted by atomic mass is 10.3. The van der Waals surface area contributed by atoms with E-state index in [9.17, 15) is 9.59 Å². The van der Waals surface area contributed by atoms with E-state index in [4.69, 9.17) is 0 Å². The summed E-state index contributed by atoms with van der Waals surface area (Å²) in [6.07, 6.45) is 7.56. The number of fused-ring (bicyclic) bond motifs is 1. The third-order valence-electron chi connectivity index (χ3n) is 3.49. The van der Waals surface area contributed by atoms with Crippen LogP contribution in [0.15, 0.2) is 43.0 Å². The normalized spacial score (nSPS) is 10.6. The van der Waals surface area contributed by atoms with Gasteiger partial charge in [-0.25, -0.2) is 4.98 Å². The zero-order valence-electron chi connectivity index (χ0n) is 13.4. The minimum atomic E-state index is -0.432. The fraction of sp³-hybridized carbons (Fsp3) is 0.250. The van der Waals surface area contributed by atoms with Gasteiger partial charge in [0, 0.05) is 31.6 Å². The smallest absolute Gasteiger partial charge is 0.271 e. The molecule has 0 bridgehead atoms. The molecule has 0 saturated carbocycles. The Balaban J connectivity index is 1.37. The molecule has 3 aromatic heterocycles. The van der Waals surface area contributed by atoms with Gasteiger partial charge in [-0.3, -0.25) is 19.0 Å². The molecule has 0 aliphatic rings. The second kappa shape index (κ2) is 7.95. The topological polar surface area (TPSA) is 114 Å². The fourth-order valence-corrected chi connectivity index (χ4v) is 2.27. The van der Waals surface area contributed by atoms with Crippen LogP contribution in [0.3, 0.4) is 0 Å². The van der Waals surface area contributed by atoms with Gasteiger partial charge in [0.2, 0.25) is 5.91 Å². The summed E-state index contributed by atoms with van der Waals surface area (Å²) < 4.78 is 1.92. The average Bonchev–Trinajstić information content (AvgIpc) is 3.07. The molecular formula is C16H17N7O2. The van der Waals surface area contributed by atoms with Crippen LogP contribution < -0.4 is 10.6 Å². The highest BCUT2D eigenvalue weighted by atomic mass is 16.2. The lowest BCUT2D eigenvalue weighted by molar-refractivity contribution is -0.120. The Morgan fingerprint density at radius 3 is 2.88 bits per heavy atom. The number of amides is 2. The van der Waals surface area contributed by atoms with Gasteiger partial charge in [-0.05, 0) is 18.6 Å². The van der Waals surface area contributed by atoms with Crippen LogP contribution in [-0.2, 0) is 11.2 Å². The molecule has 2 amide bonds. The van der Waals surface area contributed by atoms with Gasteiger partial charge in [0.05, 0.1) is 12.7 Å². The highest BCUT2D eigenvalue weighted by Crippen LogP contribution is 2.04. The summed E-state index contributed by atoms with van der Waals surface area (Å²) in [5.74, 6) is 0.155. The molecule has 3 heterocycles. The number of aromatic nitrogens is 5. The Kier molecular flexibility index (Phi) is 5.25. The maximum Gasteiger partial charge on any atom is 0.271 e. The molecule has 9 nitrogen and oxygen atoms in total. The van der Waals surface area contributed by atoms with Crippen molar-refractivity contribution < 1.29 is 9.59 Å². The van der Waals surface area contributed by atoms with Gasteiger partial charge in [0.25, 0.3) is 5.91 Å². The molecule has 0 radical (unpaired) electrons. The Bertz CT molecular complexity index is 863. The van der Waals surface area contributed by atoms with Crippen LogP contribution in [0.1, 0.15) is 22.7 Å². The van der Waals surface area contributed by atoms with E-state index in [1.54, 1.807) is 0 Å². The SMILES string of the molecule is O=C(CNC(=O)c1cnccn1)NCCCc1nnc2ccccn12. The first-order chi connectivity index (χ1) is 12.2. The van der Waals surface area contributed by atoms with Crippen LogP contribution in [0.5, 0.6) is 0 Å². The minimum Gasteiger partial charge on any atom is -0.355 e. The van der Waals surface area contributed by atoms with Crippen LogP contribution in [0.25, 0.3) is 5.65 Å². The molecule has 0 aliphatic heterocycles. The number of rotatable bonds is 7. The molecule has 0 spiro atoms. The van der Waals surface area contributed by atoms with Gasteiger partial charge in [-0.1, -0.05) is 6.07 Å². The van der Waals surface area contributed by atoms with Crippen molar-refractivity contribution in [2.24, 2.45) is 0 Å². The molecule has 3 rings (SSSR count). The average molecular weight is 339 g/mol. The number of nitrogens with zero attached hydrogens (tertiary/aromatic N) is 5. The predicted octanol–water partition coefficient (Wildman–Crippen LogP) is -0.00190. The van der Waals surface area contributed by atoms with Gasteiger partial charge in [-0.15, -0.1) is 10.2 Å². The summed E-state index contributed by atoms with van der Waals surface area (Å²) in [5.41, 5.74) is 0.974. The molecule has 0 aliphatic carbocycles. The summed E-state index contributed by atoms with van der Waals surface area (Å²) >= 11 is 0. The molecule has 128 valence electrons. The Hall–Kier alpha value is -3.36. The molecule has 2 N–H and O–H groups in total. The Morgan fingerprint density at radius 1 is 1.12 bits per heavy atom. The molecule has 0 atom stereocenters.